The molecule has 44 heavy (non-hydrogen) atoms. The Morgan fingerprint density at radius 2 is 1.00 bits per heavy atom. The van der Waals surface area contributed by atoms with E-state index in [0.717, 1.165) is 39.0 Å². The SMILES string of the molecule is c1ccc2c(c1)ccc1sc3ccc(N(c4ccc5c(c4)oc4ccccc45)c4ccc5c(c4)sc4ccccc45)cc3c12. The fourth-order valence-corrected chi connectivity index (χ4v) is 9.07. The highest BCUT2D eigenvalue weighted by Gasteiger charge is 2.19. The standard InChI is InChI=1S/C40H23NOS2/c1-2-8-28-24(7-1)13-19-38-40(28)33-21-25(16-20-37(33)43-38)41(26-14-17-30-29-9-3-5-11-34(29)42-35(30)22-26)27-15-18-32-31-10-4-6-12-36(31)44-39(32)23-27/h1-23H. The molecule has 0 spiro atoms. The molecule has 0 amide bonds. The molecule has 0 aliphatic heterocycles. The summed E-state index contributed by atoms with van der Waals surface area (Å²) >= 11 is 3.72. The van der Waals surface area contributed by atoms with Gasteiger partial charge in [-0.1, -0.05) is 72.8 Å². The van der Waals surface area contributed by atoms with E-state index in [9.17, 15) is 0 Å². The van der Waals surface area contributed by atoms with Gasteiger partial charge in [-0.15, -0.1) is 22.7 Å². The third kappa shape index (κ3) is 3.53. The number of fused-ring (bicyclic) bond motifs is 11. The van der Waals surface area contributed by atoms with Gasteiger partial charge in [-0.25, -0.2) is 0 Å². The second-order valence-corrected chi connectivity index (χ2v) is 13.5. The molecule has 3 heterocycles. The summed E-state index contributed by atoms with van der Waals surface area (Å²) in [6.07, 6.45) is 0. The summed E-state index contributed by atoms with van der Waals surface area (Å²) in [7, 11) is 0. The minimum Gasteiger partial charge on any atom is -0.456 e. The van der Waals surface area contributed by atoms with E-state index in [1.807, 2.05) is 34.8 Å². The Bertz CT molecular complexity index is 2630. The lowest BCUT2D eigenvalue weighted by Gasteiger charge is -2.25. The summed E-state index contributed by atoms with van der Waals surface area (Å²) in [4.78, 5) is 2.38. The van der Waals surface area contributed by atoms with Crippen LogP contribution in [-0.4, -0.2) is 0 Å². The highest BCUT2D eigenvalue weighted by molar-refractivity contribution is 7.26. The average molecular weight is 598 g/mol. The van der Waals surface area contributed by atoms with Gasteiger partial charge in [-0.3, -0.25) is 0 Å². The lowest BCUT2D eigenvalue weighted by atomic mass is 10.0. The molecule has 3 aromatic heterocycles. The number of furan rings is 1. The maximum atomic E-state index is 6.37. The van der Waals surface area contributed by atoms with Crippen LogP contribution in [0.15, 0.2) is 144 Å². The number of rotatable bonds is 3. The van der Waals surface area contributed by atoms with Gasteiger partial charge in [0.2, 0.25) is 0 Å². The molecular weight excluding hydrogens is 575 g/mol. The largest absolute Gasteiger partial charge is 0.456 e. The van der Waals surface area contributed by atoms with Gasteiger partial charge in [0.15, 0.2) is 0 Å². The molecule has 0 radical (unpaired) electrons. The van der Waals surface area contributed by atoms with Gasteiger partial charge in [0.25, 0.3) is 0 Å². The van der Waals surface area contributed by atoms with Crippen LogP contribution in [0.5, 0.6) is 0 Å². The molecule has 0 saturated heterocycles. The molecule has 0 saturated carbocycles. The Labute approximate surface area is 260 Å². The van der Waals surface area contributed by atoms with Crippen LogP contribution in [0.2, 0.25) is 0 Å². The van der Waals surface area contributed by atoms with Crippen molar-refractivity contribution in [3.63, 3.8) is 0 Å². The number of para-hydroxylation sites is 1. The molecule has 0 N–H and O–H groups in total. The summed E-state index contributed by atoms with van der Waals surface area (Å²) in [5.74, 6) is 0. The van der Waals surface area contributed by atoms with E-state index in [-0.39, 0.29) is 0 Å². The predicted molar refractivity (Wildman–Crippen MR) is 192 cm³/mol. The summed E-state index contributed by atoms with van der Waals surface area (Å²) in [5, 5.41) is 10.1. The van der Waals surface area contributed by atoms with Gasteiger partial charge in [0, 0.05) is 74.2 Å². The zero-order chi connectivity index (χ0) is 28.8. The van der Waals surface area contributed by atoms with Crippen molar-refractivity contribution in [3.8, 4) is 0 Å². The predicted octanol–water partition coefficient (Wildman–Crippen LogP) is 12.9. The maximum absolute atomic E-state index is 6.37. The molecule has 7 aromatic carbocycles. The molecule has 0 bridgehead atoms. The van der Waals surface area contributed by atoms with Gasteiger partial charge >= 0.3 is 0 Å². The number of thiophene rings is 2. The maximum Gasteiger partial charge on any atom is 0.137 e. The molecule has 0 unspecified atom stereocenters. The Kier molecular flexibility index (Phi) is 5.06. The van der Waals surface area contributed by atoms with Gasteiger partial charge in [-0.2, -0.15) is 0 Å². The molecule has 4 heteroatoms. The fraction of sp³-hybridized carbons (Fsp3) is 0. The quantitative estimate of drug-likeness (QED) is 0.201. The number of hydrogen-bond donors (Lipinski definition) is 0. The van der Waals surface area contributed by atoms with E-state index < -0.39 is 0 Å². The molecule has 206 valence electrons. The lowest BCUT2D eigenvalue weighted by molar-refractivity contribution is 0.669. The number of anilines is 3. The molecule has 10 aromatic rings. The molecule has 10 rings (SSSR count). The van der Waals surface area contributed by atoms with Crippen molar-refractivity contribution < 1.29 is 4.42 Å². The van der Waals surface area contributed by atoms with Crippen LogP contribution >= 0.6 is 22.7 Å². The van der Waals surface area contributed by atoms with E-state index in [4.69, 9.17) is 4.42 Å². The molecule has 2 nitrogen and oxygen atoms in total. The van der Waals surface area contributed by atoms with Gasteiger partial charge in [0.1, 0.15) is 11.2 Å². The molecule has 0 aliphatic carbocycles. The Hall–Kier alpha value is -5.16. The first-order valence-electron chi connectivity index (χ1n) is 14.8. The minimum atomic E-state index is 0.893. The topological polar surface area (TPSA) is 16.4 Å². The van der Waals surface area contributed by atoms with Crippen molar-refractivity contribution in [2.24, 2.45) is 0 Å². The zero-order valence-electron chi connectivity index (χ0n) is 23.5. The molecule has 0 aliphatic rings. The molecule has 0 fully saturated rings. The van der Waals surface area contributed by atoms with Gasteiger partial charge in [0.05, 0.1) is 0 Å². The highest BCUT2D eigenvalue weighted by atomic mass is 32.1. The first kappa shape index (κ1) is 24.3. The molecule has 0 atom stereocenters. The van der Waals surface area contributed by atoms with Crippen molar-refractivity contribution in [3.05, 3.63) is 140 Å². The normalized spacial score (nSPS) is 12.1. The Balaban J connectivity index is 1.24. The van der Waals surface area contributed by atoms with E-state index in [1.165, 1.54) is 51.1 Å². The third-order valence-corrected chi connectivity index (χ3v) is 11.1. The third-order valence-electron chi connectivity index (χ3n) is 8.84. The van der Waals surface area contributed by atoms with Crippen molar-refractivity contribution in [1.29, 1.82) is 0 Å². The van der Waals surface area contributed by atoms with Crippen LogP contribution in [0.25, 0.3) is 73.1 Å². The van der Waals surface area contributed by atoms with E-state index >= 15 is 0 Å². The van der Waals surface area contributed by atoms with Crippen molar-refractivity contribution >= 4 is 113 Å². The number of hydrogen-bond acceptors (Lipinski definition) is 4. The monoisotopic (exact) mass is 597 g/mol. The van der Waals surface area contributed by atoms with Crippen LogP contribution in [0.4, 0.5) is 17.1 Å². The average Bonchev–Trinajstić information content (AvgIpc) is 3.75. The molecular formula is C40H23NOS2. The zero-order valence-corrected chi connectivity index (χ0v) is 25.1. The summed E-state index contributed by atoms with van der Waals surface area (Å²) in [6.45, 7) is 0. The fourth-order valence-electron chi connectivity index (χ4n) is 6.83. The second kappa shape index (κ2) is 9.17. The van der Waals surface area contributed by atoms with Crippen LogP contribution in [-0.2, 0) is 0 Å². The van der Waals surface area contributed by atoms with Crippen molar-refractivity contribution in [1.82, 2.24) is 0 Å². The summed E-state index contributed by atoms with van der Waals surface area (Å²) in [6, 6.07) is 50.6. The van der Waals surface area contributed by atoms with Gasteiger partial charge < -0.3 is 9.32 Å². The van der Waals surface area contributed by atoms with Crippen LogP contribution in [0, 0.1) is 0 Å². The highest BCUT2D eigenvalue weighted by Crippen LogP contribution is 2.45. The Morgan fingerprint density at radius 1 is 0.386 bits per heavy atom. The second-order valence-electron chi connectivity index (χ2n) is 11.3. The van der Waals surface area contributed by atoms with Crippen LogP contribution in [0.3, 0.4) is 0 Å². The summed E-state index contributed by atoms with van der Waals surface area (Å²) < 4.78 is 11.6. The van der Waals surface area contributed by atoms with Crippen LogP contribution < -0.4 is 4.90 Å². The lowest BCUT2D eigenvalue weighted by Crippen LogP contribution is -2.09. The van der Waals surface area contributed by atoms with E-state index in [1.54, 1.807) is 0 Å². The summed E-state index contributed by atoms with van der Waals surface area (Å²) in [5.41, 5.74) is 5.13. The first-order chi connectivity index (χ1) is 21.8. The Morgan fingerprint density at radius 3 is 1.93 bits per heavy atom. The van der Waals surface area contributed by atoms with E-state index in [0.29, 0.717) is 0 Å². The number of nitrogens with zero attached hydrogens (tertiary/aromatic N) is 1. The van der Waals surface area contributed by atoms with Crippen LogP contribution in [0.1, 0.15) is 0 Å². The smallest absolute Gasteiger partial charge is 0.137 e. The van der Waals surface area contributed by atoms with Crippen molar-refractivity contribution in [2.75, 3.05) is 4.90 Å². The van der Waals surface area contributed by atoms with Gasteiger partial charge in [-0.05, 0) is 71.4 Å². The minimum absolute atomic E-state index is 0.893. The van der Waals surface area contributed by atoms with Crippen molar-refractivity contribution in [2.45, 2.75) is 0 Å². The number of benzene rings is 7. The first-order valence-corrected chi connectivity index (χ1v) is 16.4. The van der Waals surface area contributed by atoms with E-state index in [2.05, 4.69) is 132 Å².